The topological polar surface area (TPSA) is 98.5 Å². The van der Waals surface area contributed by atoms with Crippen molar-refractivity contribution in [3.8, 4) is 0 Å². The van der Waals surface area contributed by atoms with Crippen LogP contribution in [0.1, 0.15) is 32.3 Å². The molecule has 1 aliphatic rings. The van der Waals surface area contributed by atoms with Gasteiger partial charge in [0.15, 0.2) is 0 Å². The molecule has 130 valence electrons. The fraction of sp³-hybridized carbons (Fsp3) is 0.533. The number of esters is 1. The van der Waals surface area contributed by atoms with Crippen molar-refractivity contribution in [2.24, 2.45) is 5.73 Å². The van der Waals surface area contributed by atoms with Gasteiger partial charge in [-0.15, -0.1) is 12.4 Å². The second-order valence-electron chi connectivity index (χ2n) is 6.41. The quantitative estimate of drug-likeness (QED) is 0.744. The van der Waals surface area contributed by atoms with Gasteiger partial charge in [-0.05, 0) is 44.4 Å². The summed E-state index contributed by atoms with van der Waals surface area (Å²) in [5.41, 5.74) is 5.35. The lowest BCUT2D eigenvalue weighted by atomic mass is 9.96. The van der Waals surface area contributed by atoms with E-state index in [1.807, 2.05) is 0 Å². The molecular formula is C15H23ClN2O4S. The Morgan fingerprint density at radius 2 is 1.83 bits per heavy atom. The van der Waals surface area contributed by atoms with Crippen LogP contribution in [0.4, 0.5) is 0 Å². The first kappa shape index (κ1) is 19.9. The largest absolute Gasteiger partial charge is 0.468 e. The number of hydrogen-bond acceptors (Lipinski definition) is 5. The number of methoxy groups -OCH3 is 1. The van der Waals surface area contributed by atoms with Crippen LogP contribution in [-0.2, 0) is 25.0 Å². The van der Waals surface area contributed by atoms with Crippen molar-refractivity contribution in [2.45, 2.75) is 42.5 Å². The minimum absolute atomic E-state index is 0. The van der Waals surface area contributed by atoms with Gasteiger partial charge < -0.3 is 10.5 Å². The van der Waals surface area contributed by atoms with Crippen molar-refractivity contribution in [1.29, 1.82) is 0 Å². The Morgan fingerprint density at radius 1 is 1.30 bits per heavy atom. The first-order chi connectivity index (χ1) is 10.1. The molecule has 0 bridgehead atoms. The van der Waals surface area contributed by atoms with Crippen LogP contribution in [0, 0.1) is 0 Å². The van der Waals surface area contributed by atoms with Gasteiger partial charge in [0.05, 0.1) is 17.4 Å². The zero-order chi connectivity index (χ0) is 16.6. The van der Waals surface area contributed by atoms with Crippen LogP contribution in [-0.4, -0.2) is 33.6 Å². The van der Waals surface area contributed by atoms with E-state index in [0.717, 1.165) is 18.4 Å². The summed E-state index contributed by atoms with van der Waals surface area (Å²) in [7, 11) is -2.25. The summed E-state index contributed by atoms with van der Waals surface area (Å²) >= 11 is 0. The smallest absolute Gasteiger partial charge is 0.316 e. The molecule has 1 fully saturated rings. The summed E-state index contributed by atoms with van der Waals surface area (Å²) in [5.74, 6) is -0.272. The predicted molar refractivity (Wildman–Crippen MR) is 90.1 cm³/mol. The fourth-order valence-corrected chi connectivity index (χ4v) is 3.47. The molecule has 1 aromatic carbocycles. The van der Waals surface area contributed by atoms with Crippen LogP contribution < -0.4 is 10.5 Å². The van der Waals surface area contributed by atoms with Gasteiger partial charge in [-0.25, -0.2) is 13.1 Å². The maximum absolute atomic E-state index is 12.2. The molecule has 1 aliphatic carbocycles. The Balaban J connectivity index is 0.00000264. The number of sulfonamides is 1. The third-order valence-corrected chi connectivity index (χ3v) is 5.18. The lowest BCUT2D eigenvalue weighted by Crippen LogP contribution is -2.45. The Labute approximate surface area is 143 Å². The van der Waals surface area contributed by atoms with Crippen LogP contribution in [0.3, 0.4) is 0 Å². The number of ether oxygens (including phenoxy) is 1. The van der Waals surface area contributed by atoms with Crippen LogP contribution >= 0.6 is 12.4 Å². The fourth-order valence-electron chi connectivity index (χ4n) is 2.25. The number of nitrogens with one attached hydrogen (secondary N) is 1. The maximum atomic E-state index is 12.2. The Kier molecular flexibility index (Phi) is 5.85. The summed E-state index contributed by atoms with van der Waals surface area (Å²) in [6.45, 7) is 3.63. The molecule has 0 amide bonds. The molecule has 23 heavy (non-hydrogen) atoms. The van der Waals surface area contributed by atoms with Crippen molar-refractivity contribution in [3.05, 3.63) is 29.8 Å². The number of nitrogens with two attached hydrogens (primary N) is 1. The third kappa shape index (κ3) is 4.44. The molecular weight excluding hydrogens is 340 g/mol. The lowest BCUT2D eigenvalue weighted by molar-refractivity contribution is -0.143. The van der Waals surface area contributed by atoms with Gasteiger partial charge in [-0.1, -0.05) is 12.1 Å². The Bertz CT molecular complexity index is 662. The van der Waals surface area contributed by atoms with Crippen molar-refractivity contribution in [2.75, 3.05) is 13.7 Å². The molecule has 2 rings (SSSR count). The number of rotatable bonds is 6. The van der Waals surface area contributed by atoms with E-state index < -0.39 is 21.0 Å². The summed E-state index contributed by atoms with van der Waals surface area (Å²) in [6.07, 6.45) is 1.46. The highest BCUT2D eigenvalue weighted by atomic mass is 35.5. The van der Waals surface area contributed by atoms with E-state index in [2.05, 4.69) is 4.72 Å². The molecule has 0 heterocycles. The second kappa shape index (κ2) is 6.76. The number of carbonyl (C=O) groups is 1. The average Bonchev–Trinajstić information content (AvgIpc) is 3.26. The van der Waals surface area contributed by atoms with Crippen LogP contribution in [0.15, 0.2) is 29.2 Å². The van der Waals surface area contributed by atoms with E-state index in [4.69, 9.17) is 10.5 Å². The number of benzene rings is 1. The molecule has 0 spiro atoms. The average molecular weight is 363 g/mol. The van der Waals surface area contributed by atoms with Crippen molar-refractivity contribution >= 4 is 28.4 Å². The zero-order valence-corrected chi connectivity index (χ0v) is 15.1. The van der Waals surface area contributed by atoms with Crippen LogP contribution in [0.5, 0.6) is 0 Å². The van der Waals surface area contributed by atoms with Gasteiger partial charge in [0.1, 0.15) is 0 Å². The highest BCUT2D eigenvalue weighted by molar-refractivity contribution is 7.89. The van der Waals surface area contributed by atoms with Gasteiger partial charge in [-0.3, -0.25) is 4.79 Å². The van der Waals surface area contributed by atoms with E-state index in [0.29, 0.717) is 0 Å². The molecule has 8 heteroatoms. The first-order valence-corrected chi connectivity index (χ1v) is 8.57. The first-order valence-electron chi connectivity index (χ1n) is 7.08. The van der Waals surface area contributed by atoms with Crippen molar-refractivity contribution in [3.63, 3.8) is 0 Å². The van der Waals surface area contributed by atoms with Crippen LogP contribution in [0.2, 0.25) is 0 Å². The zero-order valence-electron chi connectivity index (χ0n) is 13.5. The predicted octanol–water partition coefficient (Wildman–Crippen LogP) is 1.33. The normalized spacial score (nSPS) is 16.3. The summed E-state index contributed by atoms with van der Waals surface area (Å²) in [6, 6.07) is 6.35. The van der Waals surface area contributed by atoms with Gasteiger partial charge >= 0.3 is 5.97 Å². The van der Waals surface area contributed by atoms with Crippen molar-refractivity contribution < 1.29 is 17.9 Å². The number of hydrogen-bond donors (Lipinski definition) is 2. The highest BCUT2D eigenvalue weighted by Crippen LogP contribution is 2.49. The standard InChI is InChI=1S/C15H22N2O4S.ClH/c1-14(2,16)10-17-22(19,20)12-6-4-11(5-7-12)15(8-9-15)13(18)21-3;/h4-7,17H,8-10,16H2,1-3H3;1H. The van der Waals surface area contributed by atoms with Crippen molar-refractivity contribution in [1.82, 2.24) is 4.72 Å². The van der Waals surface area contributed by atoms with E-state index in [1.54, 1.807) is 26.0 Å². The van der Waals surface area contributed by atoms with Crippen LogP contribution in [0.25, 0.3) is 0 Å². The summed E-state index contributed by atoms with van der Waals surface area (Å²) in [5, 5.41) is 0. The second-order valence-corrected chi connectivity index (χ2v) is 8.18. The highest BCUT2D eigenvalue weighted by Gasteiger charge is 2.52. The Hall–Kier alpha value is -1.15. The number of halogens is 1. The lowest BCUT2D eigenvalue weighted by Gasteiger charge is -2.19. The molecule has 0 aromatic heterocycles. The maximum Gasteiger partial charge on any atom is 0.316 e. The molecule has 0 saturated heterocycles. The summed E-state index contributed by atoms with van der Waals surface area (Å²) in [4.78, 5) is 12.0. The Morgan fingerprint density at radius 3 is 2.22 bits per heavy atom. The minimum atomic E-state index is -3.61. The monoisotopic (exact) mass is 362 g/mol. The minimum Gasteiger partial charge on any atom is -0.468 e. The van der Waals surface area contributed by atoms with Gasteiger partial charge in [-0.2, -0.15) is 0 Å². The van der Waals surface area contributed by atoms with Gasteiger partial charge in [0.2, 0.25) is 10.0 Å². The van der Waals surface area contributed by atoms with E-state index in [1.165, 1.54) is 19.2 Å². The molecule has 6 nitrogen and oxygen atoms in total. The third-order valence-electron chi connectivity index (χ3n) is 3.76. The molecule has 0 unspecified atom stereocenters. The molecule has 0 aliphatic heterocycles. The molecule has 0 radical (unpaired) electrons. The number of carbonyl (C=O) groups excluding carboxylic acids is 1. The SMILES string of the molecule is COC(=O)C1(c2ccc(S(=O)(=O)NCC(C)(C)N)cc2)CC1.Cl. The van der Waals surface area contributed by atoms with E-state index in [9.17, 15) is 13.2 Å². The van der Waals surface area contributed by atoms with E-state index >= 15 is 0 Å². The molecule has 1 saturated carbocycles. The molecule has 3 N–H and O–H groups in total. The van der Waals surface area contributed by atoms with Gasteiger partial charge in [0, 0.05) is 12.1 Å². The molecule has 1 aromatic rings. The van der Waals surface area contributed by atoms with E-state index in [-0.39, 0.29) is 29.8 Å². The summed E-state index contributed by atoms with van der Waals surface area (Å²) < 4.78 is 31.7. The molecule has 0 atom stereocenters. The van der Waals surface area contributed by atoms with Gasteiger partial charge in [0.25, 0.3) is 0 Å².